The molecule has 0 spiro atoms. The SMILES string of the molecule is CC.CC.Cc1cc2c(Br)ccc(C(C)C)c2c2nc3cc4c(cc3n12)C(C)(C)OC4(C)C. The summed E-state index contributed by atoms with van der Waals surface area (Å²) in [4.78, 5) is 5.17. The maximum atomic E-state index is 6.38. The van der Waals surface area contributed by atoms with E-state index < -0.39 is 0 Å². The van der Waals surface area contributed by atoms with Crippen LogP contribution in [0.4, 0.5) is 0 Å². The Morgan fingerprint density at radius 3 is 2.06 bits per heavy atom. The number of halogens is 1. The van der Waals surface area contributed by atoms with Gasteiger partial charge >= 0.3 is 0 Å². The van der Waals surface area contributed by atoms with Crippen LogP contribution in [-0.4, -0.2) is 9.38 Å². The van der Waals surface area contributed by atoms with E-state index >= 15 is 0 Å². The molecule has 0 radical (unpaired) electrons. The molecule has 0 aliphatic carbocycles. The molecule has 0 amide bonds. The van der Waals surface area contributed by atoms with Gasteiger partial charge in [-0.3, -0.25) is 4.40 Å². The predicted octanol–water partition coefficient (Wildman–Crippen LogP) is 9.39. The number of aryl methyl sites for hydroxylation is 1. The monoisotopic (exact) mass is 510 g/mol. The minimum Gasteiger partial charge on any atom is -0.360 e. The van der Waals surface area contributed by atoms with Crippen molar-refractivity contribution in [1.29, 1.82) is 0 Å². The van der Waals surface area contributed by atoms with Gasteiger partial charge in [0.15, 0.2) is 0 Å². The molecule has 33 heavy (non-hydrogen) atoms. The van der Waals surface area contributed by atoms with Crippen LogP contribution in [0.1, 0.15) is 97.5 Å². The predicted molar refractivity (Wildman–Crippen MR) is 147 cm³/mol. The lowest BCUT2D eigenvalue weighted by molar-refractivity contribution is -0.105. The van der Waals surface area contributed by atoms with Crippen molar-refractivity contribution in [2.75, 3.05) is 0 Å². The van der Waals surface area contributed by atoms with Crippen molar-refractivity contribution in [3.63, 3.8) is 0 Å². The van der Waals surface area contributed by atoms with Crippen molar-refractivity contribution in [2.24, 2.45) is 0 Å². The third-order valence-electron chi connectivity index (χ3n) is 6.38. The van der Waals surface area contributed by atoms with Crippen LogP contribution in [0.2, 0.25) is 0 Å². The quantitative estimate of drug-likeness (QED) is 0.254. The summed E-state index contributed by atoms with van der Waals surface area (Å²) in [6, 6.07) is 11.2. The van der Waals surface area contributed by atoms with Crippen molar-refractivity contribution in [3.05, 3.63) is 57.2 Å². The van der Waals surface area contributed by atoms with Crippen LogP contribution in [0.5, 0.6) is 0 Å². The number of fused-ring (bicyclic) bond motifs is 6. The molecule has 1 aliphatic heterocycles. The lowest BCUT2D eigenvalue weighted by atomic mass is 9.90. The molecule has 0 fully saturated rings. The van der Waals surface area contributed by atoms with E-state index in [1.807, 2.05) is 27.7 Å². The first-order valence-electron chi connectivity index (χ1n) is 12.3. The van der Waals surface area contributed by atoms with E-state index in [0.29, 0.717) is 5.92 Å². The number of imidazole rings is 1. The standard InChI is InChI=1S/C25H27BrN2O.2C2H6/c1-13(2)15-8-9-19(26)16-10-14(3)28-21-12-18-17(24(4,5)29-25(18,6)7)11-20(21)27-23(28)22(15)16;2*1-2/h8-13H,1-7H3;2*1-2H3. The molecule has 5 rings (SSSR count). The first-order valence-corrected chi connectivity index (χ1v) is 13.1. The number of hydrogen-bond acceptors (Lipinski definition) is 2. The zero-order chi connectivity index (χ0) is 24.9. The maximum Gasteiger partial charge on any atom is 0.146 e. The summed E-state index contributed by atoms with van der Waals surface area (Å²) in [7, 11) is 0. The second-order valence-electron chi connectivity index (χ2n) is 9.65. The van der Waals surface area contributed by atoms with Crippen molar-refractivity contribution in [1.82, 2.24) is 9.38 Å². The normalized spacial score (nSPS) is 15.9. The highest BCUT2D eigenvalue weighted by Gasteiger charge is 2.43. The van der Waals surface area contributed by atoms with E-state index in [-0.39, 0.29) is 11.2 Å². The molecule has 3 heterocycles. The molecular formula is C29H39BrN2O. The summed E-state index contributed by atoms with van der Waals surface area (Å²) >= 11 is 3.76. The first-order chi connectivity index (χ1) is 15.5. The smallest absolute Gasteiger partial charge is 0.146 e. The van der Waals surface area contributed by atoms with Gasteiger partial charge < -0.3 is 4.74 Å². The van der Waals surface area contributed by atoms with Gasteiger partial charge in [0.05, 0.1) is 22.2 Å². The Kier molecular flexibility index (Phi) is 7.04. The molecule has 3 nitrogen and oxygen atoms in total. The van der Waals surface area contributed by atoms with Crippen LogP contribution in [0, 0.1) is 6.92 Å². The van der Waals surface area contributed by atoms with Crippen LogP contribution in [0.25, 0.3) is 27.5 Å². The maximum absolute atomic E-state index is 6.38. The number of rotatable bonds is 1. The van der Waals surface area contributed by atoms with Crippen LogP contribution in [0.3, 0.4) is 0 Å². The topological polar surface area (TPSA) is 26.5 Å². The lowest BCUT2D eigenvalue weighted by Crippen LogP contribution is -2.22. The number of nitrogens with zero attached hydrogens (tertiary/aromatic N) is 2. The summed E-state index contributed by atoms with van der Waals surface area (Å²) < 4.78 is 9.82. The lowest BCUT2D eigenvalue weighted by Gasteiger charge is -2.24. The first kappa shape index (κ1) is 25.7. The van der Waals surface area contributed by atoms with Gasteiger partial charge in [0.25, 0.3) is 0 Å². The molecule has 0 saturated heterocycles. The highest BCUT2D eigenvalue weighted by atomic mass is 79.9. The Morgan fingerprint density at radius 1 is 0.909 bits per heavy atom. The summed E-state index contributed by atoms with van der Waals surface area (Å²) in [5, 5.41) is 2.47. The van der Waals surface area contributed by atoms with Crippen molar-refractivity contribution >= 4 is 43.4 Å². The Balaban J connectivity index is 0.000000728. The van der Waals surface area contributed by atoms with Gasteiger partial charge in [0.2, 0.25) is 0 Å². The molecular weight excluding hydrogens is 472 g/mol. The van der Waals surface area contributed by atoms with E-state index in [4.69, 9.17) is 9.72 Å². The Labute approximate surface area is 207 Å². The molecule has 0 unspecified atom stereocenters. The van der Waals surface area contributed by atoms with Crippen molar-refractivity contribution in [2.45, 2.75) is 93.3 Å². The van der Waals surface area contributed by atoms with E-state index in [0.717, 1.165) is 21.2 Å². The fourth-order valence-corrected chi connectivity index (χ4v) is 5.59. The van der Waals surface area contributed by atoms with Gasteiger partial charge in [0, 0.05) is 20.9 Å². The van der Waals surface area contributed by atoms with Crippen molar-refractivity contribution in [3.8, 4) is 0 Å². The molecule has 0 saturated carbocycles. The number of ether oxygens (including phenoxy) is 1. The molecule has 0 bridgehead atoms. The minimum absolute atomic E-state index is 0.311. The van der Waals surface area contributed by atoms with Gasteiger partial charge in [-0.15, -0.1) is 0 Å². The average molecular weight is 512 g/mol. The summed E-state index contributed by atoms with van der Waals surface area (Å²) in [5.74, 6) is 0.424. The number of aromatic nitrogens is 2. The molecule has 4 aromatic rings. The second kappa shape index (κ2) is 9.03. The van der Waals surface area contributed by atoms with Gasteiger partial charge in [0.1, 0.15) is 5.65 Å². The molecule has 178 valence electrons. The van der Waals surface area contributed by atoms with E-state index in [1.54, 1.807) is 0 Å². The summed E-state index contributed by atoms with van der Waals surface area (Å²) in [6.07, 6.45) is 0. The fraction of sp³-hybridized carbons (Fsp3) is 0.483. The Bertz CT molecular complexity index is 1330. The zero-order valence-corrected chi connectivity index (χ0v) is 23.7. The molecule has 0 atom stereocenters. The van der Waals surface area contributed by atoms with Crippen LogP contribution in [-0.2, 0) is 15.9 Å². The van der Waals surface area contributed by atoms with Crippen LogP contribution >= 0.6 is 15.9 Å². The zero-order valence-electron chi connectivity index (χ0n) is 22.1. The van der Waals surface area contributed by atoms with Crippen LogP contribution in [0.15, 0.2) is 34.8 Å². The van der Waals surface area contributed by atoms with E-state index in [1.165, 1.54) is 33.2 Å². The van der Waals surface area contributed by atoms with E-state index in [2.05, 4.69) is 99.1 Å². The van der Waals surface area contributed by atoms with Crippen molar-refractivity contribution < 1.29 is 4.74 Å². The Hall–Kier alpha value is -1.91. The second-order valence-corrected chi connectivity index (χ2v) is 10.5. The largest absolute Gasteiger partial charge is 0.360 e. The molecule has 2 aromatic carbocycles. The number of hydrogen-bond donors (Lipinski definition) is 0. The molecule has 0 N–H and O–H groups in total. The Morgan fingerprint density at radius 2 is 1.48 bits per heavy atom. The summed E-state index contributed by atoms with van der Waals surface area (Å²) in [5.41, 5.74) is 7.62. The molecule has 2 aromatic heterocycles. The van der Waals surface area contributed by atoms with Crippen LogP contribution < -0.4 is 0 Å². The summed E-state index contributed by atoms with van der Waals surface area (Å²) in [6.45, 7) is 23.3. The number of pyridine rings is 1. The molecule has 4 heteroatoms. The average Bonchev–Trinajstić information content (AvgIpc) is 3.22. The third kappa shape index (κ3) is 4.00. The van der Waals surface area contributed by atoms with Gasteiger partial charge in [-0.25, -0.2) is 4.98 Å². The van der Waals surface area contributed by atoms with E-state index in [9.17, 15) is 0 Å². The number of benzene rings is 2. The van der Waals surface area contributed by atoms with Gasteiger partial charge in [-0.1, -0.05) is 63.5 Å². The highest BCUT2D eigenvalue weighted by molar-refractivity contribution is 9.10. The van der Waals surface area contributed by atoms with Gasteiger partial charge in [-0.2, -0.15) is 0 Å². The third-order valence-corrected chi connectivity index (χ3v) is 7.07. The molecule has 1 aliphatic rings. The minimum atomic E-state index is -0.313. The fourth-order valence-electron chi connectivity index (χ4n) is 5.15. The van der Waals surface area contributed by atoms with Gasteiger partial charge in [-0.05, 0) is 81.5 Å². The highest BCUT2D eigenvalue weighted by Crippen LogP contribution is 2.48.